The van der Waals surface area contributed by atoms with Crippen molar-refractivity contribution < 1.29 is 19.7 Å². The maximum atomic E-state index is 12.6. The Balaban J connectivity index is 1.74. The number of amides is 1. The van der Waals surface area contributed by atoms with Crippen LogP contribution in [0.4, 0.5) is 11.4 Å². The lowest BCUT2D eigenvalue weighted by atomic mass is 10.1. The highest BCUT2D eigenvalue weighted by molar-refractivity contribution is 7.98. The van der Waals surface area contributed by atoms with Gasteiger partial charge in [0, 0.05) is 16.7 Å². The molecule has 3 aromatic rings. The summed E-state index contributed by atoms with van der Waals surface area (Å²) in [5.74, 6) is 0.850. The van der Waals surface area contributed by atoms with Gasteiger partial charge in [-0.3, -0.25) is 4.79 Å². The van der Waals surface area contributed by atoms with Gasteiger partial charge >= 0.3 is 5.69 Å². The average molecular weight is 379 g/mol. The van der Waals surface area contributed by atoms with Crippen molar-refractivity contribution in [3.63, 3.8) is 0 Å². The van der Waals surface area contributed by atoms with E-state index in [1.165, 1.54) is 17.8 Å². The normalized spacial score (nSPS) is 12.2. The van der Waals surface area contributed by atoms with Crippen LogP contribution in [-0.2, 0) is 5.75 Å². The molecule has 0 spiro atoms. The fourth-order valence-corrected chi connectivity index (χ4v) is 3.73. The lowest BCUT2D eigenvalue weighted by Gasteiger charge is -2.09. The average Bonchev–Trinajstić information content (AvgIpc) is 2.82. The van der Waals surface area contributed by atoms with Crippen LogP contribution in [0, 0.1) is 4.91 Å². The molecule has 1 aliphatic heterocycles. The van der Waals surface area contributed by atoms with E-state index in [2.05, 4.69) is 5.32 Å². The van der Waals surface area contributed by atoms with Crippen molar-refractivity contribution >= 4 is 29.0 Å². The zero-order valence-electron chi connectivity index (χ0n) is 14.1. The molecule has 0 fully saturated rings. The molecule has 0 radical (unpaired) electrons. The van der Waals surface area contributed by atoms with Crippen LogP contribution in [0.25, 0.3) is 0 Å². The number of carbonyl (C=O) groups is 1. The lowest BCUT2D eigenvalue weighted by molar-refractivity contribution is -0.730. The van der Waals surface area contributed by atoms with Crippen LogP contribution in [0.2, 0.25) is 0 Å². The molecule has 2 N–H and O–H groups in total. The molecule has 6 nitrogen and oxygen atoms in total. The Morgan fingerprint density at radius 1 is 1.00 bits per heavy atom. The molecule has 0 aromatic heterocycles. The molecule has 3 aromatic carbocycles. The van der Waals surface area contributed by atoms with E-state index in [9.17, 15) is 14.9 Å². The summed E-state index contributed by atoms with van der Waals surface area (Å²) in [6.45, 7) is 0. The third-order valence-corrected chi connectivity index (χ3v) is 5.14. The van der Waals surface area contributed by atoms with Crippen LogP contribution >= 0.6 is 11.8 Å². The van der Waals surface area contributed by atoms with Gasteiger partial charge in [-0.1, -0.05) is 42.5 Å². The zero-order valence-corrected chi connectivity index (χ0v) is 14.9. The molecule has 134 valence electrons. The highest BCUT2D eigenvalue weighted by Gasteiger charge is 2.32. The fraction of sp³-hybridized carbons (Fsp3) is 0.0500. The molecule has 0 saturated carbocycles. The Labute approximate surface area is 159 Å². The predicted molar refractivity (Wildman–Crippen MR) is 102 cm³/mol. The van der Waals surface area contributed by atoms with E-state index >= 15 is 0 Å². The molecule has 4 rings (SSSR count). The molecule has 1 heterocycles. The third-order valence-electron chi connectivity index (χ3n) is 4.09. The number of hydrogen-bond acceptors (Lipinski definition) is 4. The summed E-state index contributed by atoms with van der Waals surface area (Å²) in [5, 5.41) is 12.3. The van der Waals surface area contributed by atoms with Gasteiger partial charge < -0.3 is 10.1 Å². The third kappa shape index (κ3) is 3.50. The van der Waals surface area contributed by atoms with Gasteiger partial charge in [0.1, 0.15) is 5.75 Å². The minimum Gasteiger partial charge on any atom is -0.454 e. The number of benzene rings is 3. The van der Waals surface area contributed by atoms with Crippen molar-refractivity contribution in [3.05, 3.63) is 82.8 Å². The Morgan fingerprint density at radius 2 is 1.74 bits per heavy atom. The molecule has 0 saturated heterocycles. The number of hydrogen-bond donors (Lipinski definition) is 2. The van der Waals surface area contributed by atoms with E-state index in [-0.39, 0.29) is 21.9 Å². The van der Waals surface area contributed by atoms with Gasteiger partial charge in [0.25, 0.3) is 10.8 Å². The maximum absolute atomic E-state index is 12.6. The summed E-state index contributed by atoms with van der Waals surface area (Å²) in [6, 6.07) is 20.0. The molecule has 27 heavy (non-hydrogen) atoms. The van der Waals surface area contributed by atoms with Crippen molar-refractivity contribution in [2.75, 3.05) is 5.32 Å². The van der Waals surface area contributed by atoms with Crippen LogP contribution in [0.1, 0.15) is 15.9 Å². The monoisotopic (exact) mass is 379 g/mol. The maximum Gasteiger partial charge on any atom is 0.334 e. The number of thioether (sulfide) groups is 1. The predicted octanol–water partition coefficient (Wildman–Crippen LogP) is 5.14. The summed E-state index contributed by atoms with van der Waals surface area (Å²) in [5.41, 5.74) is 1.45. The Hall–Kier alpha value is -3.32. The number of ether oxygens (including phenoxy) is 1. The highest BCUT2D eigenvalue weighted by atomic mass is 32.2. The van der Waals surface area contributed by atoms with Gasteiger partial charge in [0.2, 0.25) is 0 Å². The van der Waals surface area contributed by atoms with E-state index in [1.54, 1.807) is 30.3 Å². The van der Waals surface area contributed by atoms with Gasteiger partial charge in [0.15, 0.2) is 11.3 Å². The first kappa shape index (κ1) is 17.1. The molecule has 0 atom stereocenters. The summed E-state index contributed by atoms with van der Waals surface area (Å²) in [7, 11) is 0. The Bertz CT molecular complexity index is 1040. The number of rotatable bonds is 4. The van der Waals surface area contributed by atoms with Crippen molar-refractivity contribution in [2.45, 2.75) is 10.6 Å². The van der Waals surface area contributed by atoms with E-state index in [4.69, 9.17) is 4.74 Å². The number of anilines is 1. The summed E-state index contributed by atoms with van der Waals surface area (Å²) >= 11 is 1.48. The van der Waals surface area contributed by atoms with E-state index < -0.39 is 5.91 Å². The summed E-state index contributed by atoms with van der Waals surface area (Å²) in [6.07, 6.45) is 0. The first-order valence-corrected chi connectivity index (χ1v) is 9.19. The van der Waals surface area contributed by atoms with Crippen molar-refractivity contribution in [1.82, 2.24) is 0 Å². The van der Waals surface area contributed by atoms with E-state index in [1.807, 2.05) is 30.3 Å². The van der Waals surface area contributed by atoms with Crippen molar-refractivity contribution in [2.24, 2.45) is 0 Å². The number of fused-ring (bicyclic) bond motifs is 2. The van der Waals surface area contributed by atoms with Crippen LogP contribution < -0.4 is 10.1 Å². The highest BCUT2D eigenvalue weighted by Crippen LogP contribution is 2.41. The molecule has 1 amide bonds. The van der Waals surface area contributed by atoms with Crippen LogP contribution in [0.3, 0.4) is 0 Å². The summed E-state index contributed by atoms with van der Waals surface area (Å²) < 4.78 is 5.88. The minimum absolute atomic E-state index is 0.00670. The second-order valence-corrected chi connectivity index (χ2v) is 6.96. The number of nitrogens with zero attached hydrogens (tertiary/aromatic N) is 1. The molecule has 0 aliphatic carbocycles. The van der Waals surface area contributed by atoms with E-state index in [0.717, 1.165) is 5.56 Å². The lowest BCUT2D eigenvalue weighted by Crippen LogP contribution is -2.13. The largest absolute Gasteiger partial charge is 0.454 e. The molecule has 7 heteroatoms. The Kier molecular flexibility index (Phi) is 4.52. The van der Waals surface area contributed by atoms with Gasteiger partial charge in [-0.15, -0.1) is 11.8 Å². The Morgan fingerprint density at radius 3 is 2.52 bits per heavy atom. The second kappa shape index (κ2) is 7.13. The molecule has 0 bridgehead atoms. The first-order chi connectivity index (χ1) is 13.1. The number of para-hydroxylation sites is 2. The van der Waals surface area contributed by atoms with Crippen LogP contribution in [0.5, 0.6) is 11.5 Å². The van der Waals surface area contributed by atoms with Gasteiger partial charge in [-0.25, -0.2) is 5.21 Å². The van der Waals surface area contributed by atoms with Crippen LogP contribution in [-0.4, -0.2) is 16.0 Å². The quantitative estimate of drug-likeness (QED) is 0.485. The number of nitrogens with one attached hydrogen (secondary N) is 1. The molecular weight excluding hydrogens is 364 g/mol. The minimum atomic E-state index is -0.514. The second-order valence-electron chi connectivity index (χ2n) is 5.92. The topological polar surface area (TPSA) is 78.6 Å². The van der Waals surface area contributed by atoms with Crippen molar-refractivity contribution in [1.29, 1.82) is 0 Å². The zero-order chi connectivity index (χ0) is 18.8. The van der Waals surface area contributed by atoms with Crippen molar-refractivity contribution in [3.8, 4) is 11.5 Å². The van der Waals surface area contributed by atoms with Gasteiger partial charge in [0.05, 0.1) is 10.6 Å². The molecule has 1 aliphatic rings. The number of carbonyl (C=O) groups excluding carboxylic acids is 1. The SMILES string of the molecule is O=C1Nc2ccccc2Oc2cc(SCc3ccccc3)cc([N+](=O)O)c21. The smallest absolute Gasteiger partial charge is 0.334 e. The fourth-order valence-electron chi connectivity index (χ4n) is 2.82. The van der Waals surface area contributed by atoms with Crippen LogP contribution in [0.15, 0.2) is 71.6 Å². The van der Waals surface area contributed by atoms with E-state index in [0.29, 0.717) is 22.1 Å². The standard InChI is InChI=1S/C20H14N2O4S/c23-20-19-16(22(24)25)10-14(27-12-13-6-2-1-3-7-13)11-18(19)26-17-9-5-4-8-15(17)21-20/h1-11H,12H2,(H-,21,23,24,25)/p+1. The summed E-state index contributed by atoms with van der Waals surface area (Å²) in [4.78, 5) is 24.7. The first-order valence-electron chi connectivity index (χ1n) is 8.21. The molecular formula is C20H15N2O4S+. The van der Waals surface area contributed by atoms with Gasteiger partial charge in [-0.2, -0.15) is 0 Å². The van der Waals surface area contributed by atoms with Gasteiger partial charge in [-0.05, 0) is 23.8 Å². The molecule has 0 unspecified atom stereocenters.